The Morgan fingerprint density at radius 2 is 2.00 bits per heavy atom. The minimum Gasteiger partial charge on any atom is -0.494 e. The lowest BCUT2D eigenvalue weighted by Crippen LogP contribution is -2.15. The minimum atomic E-state index is -3.66. The average molecular weight is 280 g/mol. The molecule has 1 heterocycles. The maximum atomic E-state index is 12.4. The highest BCUT2D eigenvalue weighted by Crippen LogP contribution is 2.27. The van der Waals surface area contributed by atoms with E-state index in [0.29, 0.717) is 17.9 Å². The largest absolute Gasteiger partial charge is 0.494 e. The molecule has 0 aliphatic rings. The lowest BCUT2D eigenvalue weighted by Gasteiger charge is -2.13. The maximum absolute atomic E-state index is 12.4. The summed E-state index contributed by atoms with van der Waals surface area (Å²) >= 11 is 0. The van der Waals surface area contributed by atoms with Crippen LogP contribution < -0.4 is 4.74 Å². The summed E-state index contributed by atoms with van der Waals surface area (Å²) in [5, 5.41) is 3.79. The summed E-state index contributed by atoms with van der Waals surface area (Å²) in [7, 11) is -3.66. The molecule has 0 spiro atoms. The van der Waals surface area contributed by atoms with Crippen molar-refractivity contribution < 1.29 is 13.2 Å². The van der Waals surface area contributed by atoms with Crippen molar-refractivity contribution in [3.8, 4) is 5.75 Å². The van der Waals surface area contributed by atoms with Crippen LogP contribution >= 0.6 is 0 Å². The summed E-state index contributed by atoms with van der Waals surface area (Å²) in [6.07, 6.45) is 2.85. The van der Waals surface area contributed by atoms with Crippen LogP contribution in [0.5, 0.6) is 5.75 Å². The van der Waals surface area contributed by atoms with Gasteiger partial charge in [0.05, 0.1) is 17.7 Å². The minimum absolute atomic E-state index is 0.213. The number of rotatable bonds is 4. The molecule has 19 heavy (non-hydrogen) atoms. The van der Waals surface area contributed by atoms with Gasteiger partial charge in [0.1, 0.15) is 5.75 Å². The summed E-state index contributed by atoms with van der Waals surface area (Å²) in [6, 6.07) is 4.94. The van der Waals surface area contributed by atoms with Crippen LogP contribution in [0.2, 0.25) is 0 Å². The van der Waals surface area contributed by atoms with Crippen LogP contribution in [0.1, 0.15) is 18.1 Å². The molecule has 2 rings (SSSR count). The molecule has 0 unspecified atom stereocenters. The zero-order chi connectivity index (χ0) is 14.0. The number of hydrogen-bond donors (Lipinski definition) is 0. The van der Waals surface area contributed by atoms with Crippen LogP contribution in [0.4, 0.5) is 0 Å². The molecule has 102 valence electrons. The molecule has 0 saturated carbocycles. The standard InChI is InChI=1S/C13H16N2O3S/c1-4-18-12-9-13(11(3)8-10(12)2)19(16,17)15-7-5-6-14-15/h5-9H,4H2,1-3H3. The third-order valence-electron chi connectivity index (χ3n) is 2.78. The van der Waals surface area contributed by atoms with Gasteiger partial charge in [0, 0.05) is 12.3 Å². The Balaban J connectivity index is 2.60. The Kier molecular flexibility index (Phi) is 3.61. The summed E-state index contributed by atoms with van der Waals surface area (Å²) in [4.78, 5) is 0.213. The van der Waals surface area contributed by atoms with E-state index in [1.165, 1.54) is 12.4 Å². The van der Waals surface area contributed by atoms with Gasteiger partial charge in [-0.2, -0.15) is 17.6 Å². The molecule has 6 heteroatoms. The fourth-order valence-electron chi connectivity index (χ4n) is 1.90. The highest BCUT2D eigenvalue weighted by molar-refractivity contribution is 7.89. The molecular weight excluding hydrogens is 264 g/mol. The van der Waals surface area contributed by atoms with Gasteiger partial charge >= 0.3 is 0 Å². The van der Waals surface area contributed by atoms with Gasteiger partial charge in [-0.05, 0) is 38.0 Å². The van der Waals surface area contributed by atoms with E-state index in [9.17, 15) is 8.42 Å². The molecule has 0 aliphatic carbocycles. The number of aryl methyl sites for hydroxylation is 2. The quantitative estimate of drug-likeness (QED) is 0.861. The van der Waals surface area contributed by atoms with Crippen molar-refractivity contribution in [3.05, 3.63) is 41.7 Å². The summed E-state index contributed by atoms with van der Waals surface area (Å²) in [6.45, 7) is 6.01. The van der Waals surface area contributed by atoms with Gasteiger partial charge in [-0.1, -0.05) is 6.07 Å². The Morgan fingerprint density at radius 1 is 1.26 bits per heavy atom. The lowest BCUT2D eigenvalue weighted by molar-refractivity contribution is 0.336. The van der Waals surface area contributed by atoms with Crippen LogP contribution in [0.3, 0.4) is 0 Å². The molecule has 1 aromatic carbocycles. The Labute approximate surface area is 112 Å². The summed E-state index contributed by atoms with van der Waals surface area (Å²) in [5.41, 5.74) is 1.59. The predicted molar refractivity (Wildman–Crippen MR) is 71.9 cm³/mol. The van der Waals surface area contributed by atoms with E-state index in [-0.39, 0.29) is 4.90 Å². The SMILES string of the molecule is CCOc1cc(S(=O)(=O)n2cccn2)c(C)cc1C. The normalized spacial score (nSPS) is 11.5. The topological polar surface area (TPSA) is 61.2 Å². The first-order valence-electron chi connectivity index (χ1n) is 5.96. The van der Waals surface area contributed by atoms with Crippen molar-refractivity contribution >= 4 is 10.0 Å². The molecule has 0 atom stereocenters. The average Bonchev–Trinajstić information content (AvgIpc) is 2.86. The number of nitrogens with zero attached hydrogens (tertiary/aromatic N) is 2. The Bertz CT molecular complexity index is 676. The maximum Gasteiger partial charge on any atom is 0.283 e. The molecular formula is C13H16N2O3S. The summed E-state index contributed by atoms with van der Waals surface area (Å²) in [5.74, 6) is 0.582. The van der Waals surface area contributed by atoms with Gasteiger partial charge < -0.3 is 4.74 Å². The molecule has 0 radical (unpaired) electrons. The van der Waals surface area contributed by atoms with Gasteiger partial charge in [0.25, 0.3) is 10.0 Å². The van der Waals surface area contributed by atoms with Gasteiger partial charge in [-0.3, -0.25) is 0 Å². The number of aromatic nitrogens is 2. The van der Waals surface area contributed by atoms with E-state index >= 15 is 0 Å². The molecule has 0 aliphatic heterocycles. The van der Waals surface area contributed by atoms with E-state index in [0.717, 1.165) is 9.65 Å². The second-order valence-corrected chi connectivity index (χ2v) is 5.96. The van der Waals surface area contributed by atoms with E-state index in [1.807, 2.05) is 13.8 Å². The summed E-state index contributed by atoms with van der Waals surface area (Å²) < 4.78 is 31.3. The second-order valence-electron chi connectivity index (χ2n) is 4.20. The predicted octanol–water partition coefficient (Wildman–Crippen LogP) is 2.14. The van der Waals surface area contributed by atoms with Crippen LogP contribution in [0, 0.1) is 13.8 Å². The zero-order valence-electron chi connectivity index (χ0n) is 11.1. The Hall–Kier alpha value is -1.82. The van der Waals surface area contributed by atoms with Crippen molar-refractivity contribution in [3.63, 3.8) is 0 Å². The number of hydrogen-bond acceptors (Lipinski definition) is 4. The molecule has 0 N–H and O–H groups in total. The molecule has 0 saturated heterocycles. The van der Waals surface area contributed by atoms with E-state index in [2.05, 4.69) is 5.10 Å². The highest BCUT2D eigenvalue weighted by atomic mass is 32.2. The van der Waals surface area contributed by atoms with Crippen LogP contribution in [-0.4, -0.2) is 24.2 Å². The van der Waals surface area contributed by atoms with Crippen molar-refractivity contribution in [1.82, 2.24) is 9.19 Å². The molecule has 5 nitrogen and oxygen atoms in total. The molecule has 0 bridgehead atoms. The van der Waals surface area contributed by atoms with Gasteiger partial charge in [-0.25, -0.2) is 0 Å². The first-order valence-corrected chi connectivity index (χ1v) is 7.40. The van der Waals surface area contributed by atoms with Crippen LogP contribution in [-0.2, 0) is 10.0 Å². The van der Waals surface area contributed by atoms with Gasteiger partial charge in [-0.15, -0.1) is 0 Å². The fourth-order valence-corrected chi connectivity index (χ4v) is 3.23. The van der Waals surface area contributed by atoms with Gasteiger partial charge in [0.15, 0.2) is 0 Å². The Morgan fingerprint density at radius 3 is 2.58 bits per heavy atom. The van der Waals surface area contributed by atoms with Crippen LogP contribution in [0.25, 0.3) is 0 Å². The first kappa shape index (κ1) is 13.6. The smallest absolute Gasteiger partial charge is 0.283 e. The molecule has 2 aromatic rings. The fraction of sp³-hybridized carbons (Fsp3) is 0.308. The van der Waals surface area contributed by atoms with Crippen LogP contribution in [0.15, 0.2) is 35.5 Å². The zero-order valence-corrected chi connectivity index (χ0v) is 11.9. The number of benzene rings is 1. The highest BCUT2D eigenvalue weighted by Gasteiger charge is 2.21. The third kappa shape index (κ3) is 2.49. The lowest BCUT2D eigenvalue weighted by atomic mass is 10.1. The number of ether oxygens (including phenoxy) is 1. The van der Waals surface area contributed by atoms with Gasteiger partial charge in [0.2, 0.25) is 0 Å². The molecule has 0 fully saturated rings. The molecule has 0 amide bonds. The first-order chi connectivity index (χ1) is 8.96. The third-order valence-corrected chi connectivity index (χ3v) is 4.48. The van der Waals surface area contributed by atoms with Crippen molar-refractivity contribution in [2.24, 2.45) is 0 Å². The van der Waals surface area contributed by atoms with E-state index < -0.39 is 10.0 Å². The second kappa shape index (κ2) is 5.05. The van der Waals surface area contributed by atoms with Crippen molar-refractivity contribution in [1.29, 1.82) is 0 Å². The van der Waals surface area contributed by atoms with E-state index in [4.69, 9.17) is 4.74 Å². The molecule has 1 aromatic heterocycles. The monoisotopic (exact) mass is 280 g/mol. The van der Waals surface area contributed by atoms with Crippen molar-refractivity contribution in [2.45, 2.75) is 25.7 Å². The van der Waals surface area contributed by atoms with Crippen molar-refractivity contribution in [2.75, 3.05) is 6.61 Å². The van der Waals surface area contributed by atoms with E-state index in [1.54, 1.807) is 25.1 Å².